The third-order valence-electron chi connectivity index (χ3n) is 2.93. The zero-order valence-electron chi connectivity index (χ0n) is 10.4. The molecule has 0 fully saturated rings. The lowest BCUT2D eigenvalue weighted by Crippen LogP contribution is -1.97. The molecule has 6 heteroatoms. The van der Waals surface area contributed by atoms with Gasteiger partial charge in [-0.15, -0.1) is 10.2 Å². The van der Waals surface area contributed by atoms with Crippen molar-refractivity contribution in [1.82, 2.24) is 15.2 Å². The summed E-state index contributed by atoms with van der Waals surface area (Å²) in [6.07, 6.45) is 2.92. The van der Waals surface area contributed by atoms with Crippen molar-refractivity contribution in [3.05, 3.63) is 40.0 Å². The Labute approximate surface area is 119 Å². The third kappa shape index (κ3) is 2.57. The lowest BCUT2D eigenvalue weighted by Gasteiger charge is -2.00. The molecule has 2 heterocycles. The molecule has 0 atom stereocenters. The Hall–Kier alpha value is -1.59. The van der Waals surface area contributed by atoms with Crippen molar-refractivity contribution in [2.45, 2.75) is 19.9 Å². The maximum atomic E-state index is 5.97. The Balaban J connectivity index is 1.78. The van der Waals surface area contributed by atoms with Crippen molar-refractivity contribution in [2.24, 2.45) is 0 Å². The van der Waals surface area contributed by atoms with Gasteiger partial charge in [-0.1, -0.05) is 35.9 Å². The highest BCUT2D eigenvalue weighted by molar-refractivity contribution is 7.15. The topological polar surface area (TPSA) is 53.6 Å². The van der Waals surface area contributed by atoms with Crippen LogP contribution in [0, 0.1) is 0 Å². The van der Waals surface area contributed by atoms with Crippen LogP contribution in [-0.2, 0) is 13.0 Å². The second-order valence-electron chi connectivity index (χ2n) is 4.21. The van der Waals surface area contributed by atoms with Crippen LogP contribution in [-0.4, -0.2) is 15.2 Å². The normalized spacial score (nSPS) is 11.1. The molecule has 0 radical (unpaired) electrons. The van der Waals surface area contributed by atoms with Crippen LogP contribution in [0.2, 0.25) is 5.02 Å². The molecule has 3 rings (SSSR count). The van der Waals surface area contributed by atoms with Crippen molar-refractivity contribution >= 4 is 39.0 Å². The van der Waals surface area contributed by atoms with Crippen molar-refractivity contribution < 1.29 is 0 Å². The lowest BCUT2D eigenvalue weighted by molar-refractivity contribution is 0.976. The molecule has 4 nitrogen and oxygen atoms in total. The molecule has 19 heavy (non-hydrogen) atoms. The number of rotatable bonds is 4. The summed E-state index contributed by atoms with van der Waals surface area (Å²) < 4.78 is 0. The van der Waals surface area contributed by atoms with Gasteiger partial charge >= 0.3 is 0 Å². The molecule has 0 saturated heterocycles. The molecule has 0 saturated carbocycles. The highest BCUT2D eigenvalue weighted by Crippen LogP contribution is 2.23. The van der Waals surface area contributed by atoms with Gasteiger partial charge in [-0.2, -0.15) is 0 Å². The van der Waals surface area contributed by atoms with E-state index in [-0.39, 0.29) is 0 Å². The van der Waals surface area contributed by atoms with E-state index in [0.717, 1.165) is 33.6 Å². The van der Waals surface area contributed by atoms with Gasteiger partial charge in [0.1, 0.15) is 5.01 Å². The summed E-state index contributed by atoms with van der Waals surface area (Å²) in [5, 5.41) is 15.3. The molecular weight excluding hydrogens is 280 g/mol. The predicted molar refractivity (Wildman–Crippen MR) is 79.9 cm³/mol. The number of aromatic amines is 1. The van der Waals surface area contributed by atoms with E-state index in [1.165, 1.54) is 10.9 Å². The Kier molecular flexibility index (Phi) is 3.40. The molecule has 3 aromatic rings. The molecule has 0 spiro atoms. The van der Waals surface area contributed by atoms with Gasteiger partial charge < -0.3 is 10.3 Å². The van der Waals surface area contributed by atoms with E-state index in [1.54, 1.807) is 11.3 Å². The highest BCUT2D eigenvalue weighted by atomic mass is 35.5. The summed E-state index contributed by atoms with van der Waals surface area (Å²) in [5.41, 5.74) is 2.25. The molecule has 2 N–H and O–H groups in total. The summed E-state index contributed by atoms with van der Waals surface area (Å²) in [6.45, 7) is 2.80. The molecule has 2 aromatic heterocycles. The maximum absolute atomic E-state index is 5.97. The van der Waals surface area contributed by atoms with Crippen molar-refractivity contribution in [3.8, 4) is 0 Å². The Morgan fingerprint density at radius 3 is 3.05 bits per heavy atom. The number of hydrogen-bond acceptors (Lipinski definition) is 4. The van der Waals surface area contributed by atoms with E-state index in [4.69, 9.17) is 11.6 Å². The van der Waals surface area contributed by atoms with Crippen LogP contribution in [0.5, 0.6) is 0 Å². The van der Waals surface area contributed by atoms with Crippen molar-refractivity contribution in [2.75, 3.05) is 5.32 Å². The largest absolute Gasteiger partial charge is 0.361 e. The number of halogens is 1. The fraction of sp³-hybridized carbons (Fsp3) is 0.231. The van der Waals surface area contributed by atoms with Gasteiger partial charge in [-0.3, -0.25) is 0 Å². The summed E-state index contributed by atoms with van der Waals surface area (Å²) >= 11 is 7.57. The van der Waals surface area contributed by atoms with Gasteiger partial charge in [0.2, 0.25) is 5.13 Å². The lowest BCUT2D eigenvalue weighted by atomic mass is 10.2. The maximum Gasteiger partial charge on any atom is 0.205 e. The third-order valence-corrected chi connectivity index (χ3v) is 4.19. The van der Waals surface area contributed by atoms with E-state index in [1.807, 2.05) is 24.4 Å². The van der Waals surface area contributed by atoms with Gasteiger partial charge in [0.15, 0.2) is 0 Å². The Bertz CT molecular complexity index is 704. The fourth-order valence-electron chi connectivity index (χ4n) is 1.94. The average molecular weight is 293 g/mol. The van der Waals surface area contributed by atoms with Crippen molar-refractivity contribution in [1.29, 1.82) is 0 Å². The van der Waals surface area contributed by atoms with Gasteiger partial charge in [-0.05, 0) is 24.1 Å². The second kappa shape index (κ2) is 5.19. The standard InChI is InChI=1S/C13H13ClN4S/c1-2-12-17-18-13(19-12)16-7-8-6-15-11-5-9(14)3-4-10(8)11/h3-6,15H,2,7H2,1H3,(H,16,18). The van der Waals surface area contributed by atoms with Crippen LogP contribution in [0.3, 0.4) is 0 Å². The minimum atomic E-state index is 0.722. The number of nitrogens with zero attached hydrogens (tertiary/aromatic N) is 2. The Morgan fingerprint density at radius 2 is 2.26 bits per heavy atom. The number of aryl methyl sites for hydroxylation is 1. The first-order valence-electron chi connectivity index (χ1n) is 6.08. The van der Waals surface area contributed by atoms with Crippen LogP contribution in [0.25, 0.3) is 10.9 Å². The SMILES string of the molecule is CCc1nnc(NCc2c[nH]c3cc(Cl)ccc23)s1. The predicted octanol–water partition coefficient (Wildman–Crippen LogP) is 3.85. The number of nitrogens with one attached hydrogen (secondary N) is 2. The molecule has 0 amide bonds. The number of benzene rings is 1. The molecular formula is C13H13ClN4S. The van der Waals surface area contributed by atoms with E-state index in [2.05, 4.69) is 27.4 Å². The number of fused-ring (bicyclic) bond motifs is 1. The molecule has 0 bridgehead atoms. The summed E-state index contributed by atoms with van der Waals surface area (Å²) in [4.78, 5) is 3.22. The molecule has 0 aliphatic carbocycles. The van der Waals surface area contributed by atoms with E-state index < -0.39 is 0 Å². The zero-order chi connectivity index (χ0) is 13.2. The number of H-pyrrole nitrogens is 1. The quantitative estimate of drug-likeness (QED) is 0.768. The van der Waals surface area contributed by atoms with Gasteiger partial charge in [0.05, 0.1) is 0 Å². The second-order valence-corrected chi connectivity index (χ2v) is 5.71. The zero-order valence-corrected chi connectivity index (χ0v) is 12.0. The number of anilines is 1. The van der Waals surface area contributed by atoms with Gasteiger partial charge in [0, 0.05) is 28.7 Å². The summed E-state index contributed by atoms with van der Waals surface area (Å²) in [5.74, 6) is 0. The van der Waals surface area contributed by atoms with Gasteiger partial charge in [-0.25, -0.2) is 0 Å². The first-order chi connectivity index (χ1) is 9.26. The summed E-state index contributed by atoms with van der Waals surface area (Å²) in [7, 11) is 0. The van der Waals surface area contributed by atoms with Crippen LogP contribution >= 0.6 is 22.9 Å². The van der Waals surface area contributed by atoms with Crippen LogP contribution in [0.1, 0.15) is 17.5 Å². The number of aromatic nitrogens is 3. The average Bonchev–Trinajstić information content (AvgIpc) is 3.02. The molecule has 0 aliphatic heterocycles. The molecule has 1 aromatic carbocycles. The minimum Gasteiger partial charge on any atom is -0.361 e. The highest BCUT2D eigenvalue weighted by Gasteiger charge is 2.06. The molecule has 0 aliphatic rings. The van der Waals surface area contributed by atoms with Crippen molar-refractivity contribution in [3.63, 3.8) is 0 Å². The van der Waals surface area contributed by atoms with Crippen LogP contribution in [0.15, 0.2) is 24.4 Å². The van der Waals surface area contributed by atoms with Crippen LogP contribution < -0.4 is 5.32 Å². The first kappa shape index (κ1) is 12.4. The molecule has 0 unspecified atom stereocenters. The Morgan fingerprint density at radius 1 is 1.37 bits per heavy atom. The molecule has 98 valence electrons. The number of hydrogen-bond donors (Lipinski definition) is 2. The van der Waals surface area contributed by atoms with E-state index in [0.29, 0.717) is 0 Å². The van der Waals surface area contributed by atoms with Gasteiger partial charge in [0.25, 0.3) is 0 Å². The van der Waals surface area contributed by atoms with E-state index >= 15 is 0 Å². The fourth-order valence-corrected chi connectivity index (χ4v) is 2.79. The van der Waals surface area contributed by atoms with E-state index in [9.17, 15) is 0 Å². The minimum absolute atomic E-state index is 0.722. The monoisotopic (exact) mass is 292 g/mol. The first-order valence-corrected chi connectivity index (χ1v) is 7.27. The van der Waals surface area contributed by atoms with Crippen LogP contribution in [0.4, 0.5) is 5.13 Å². The smallest absolute Gasteiger partial charge is 0.205 e. The summed E-state index contributed by atoms with van der Waals surface area (Å²) in [6, 6.07) is 5.87.